The Kier molecular flexibility index (Phi) is 8.69. The van der Waals surface area contributed by atoms with E-state index in [1.807, 2.05) is 0 Å². The van der Waals surface area contributed by atoms with Gasteiger partial charge >= 0.3 is 18.3 Å². The molecule has 20 heteroatoms. The van der Waals surface area contributed by atoms with Gasteiger partial charge in [-0.05, 0) is 50.6 Å². The minimum absolute atomic E-state index is 0.138. The van der Waals surface area contributed by atoms with Crippen molar-refractivity contribution in [1.82, 2.24) is 30.3 Å². The average Bonchev–Trinajstić information content (AvgIpc) is 3.77. The summed E-state index contributed by atoms with van der Waals surface area (Å²) in [6.07, 6.45) is -6.89. The van der Waals surface area contributed by atoms with E-state index in [1.165, 1.54) is 45.0 Å². The number of fused-ring (bicyclic) bond motifs is 1. The van der Waals surface area contributed by atoms with Gasteiger partial charge in [-0.1, -0.05) is 17.2 Å². The number of halogens is 8. The average molecular weight is 729 g/mol. The molecule has 1 atom stereocenters. The van der Waals surface area contributed by atoms with Crippen LogP contribution in [0.5, 0.6) is 0 Å². The van der Waals surface area contributed by atoms with Crippen LogP contribution in [-0.4, -0.2) is 67.6 Å². The lowest BCUT2D eigenvalue weighted by atomic mass is 9.99. The molecule has 2 aromatic heterocycles. The molecule has 12 nitrogen and oxygen atoms in total. The minimum Gasteiger partial charge on any atom is -0.444 e. The van der Waals surface area contributed by atoms with E-state index in [-0.39, 0.29) is 23.8 Å². The Bertz CT molecular complexity index is 1960. The molecular weight excluding hydrogens is 700 g/mol. The number of carbonyl (C=O) groups is 2. The van der Waals surface area contributed by atoms with Gasteiger partial charge in [-0.3, -0.25) is 4.79 Å². The van der Waals surface area contributed by atoms with Crippen molar-refractivity contribution in [2.24, 2.45) is 0 Å². The van der Waals surface area contributed by atoms with E-state index >= 15 is 13.2 Å². The molecule has 272 valence electrons. The van der Waals surface area contributed by atoms with Gasteiger partial charge in [0.25, 0.3) is 23.6 Å². The van der Waals surface area contributed by atoms with Crippen LogP contribution in [0.1, 0.15) is 50.6 Å². The van der Waals surface area contributed by atoms with Gasteiger partial charge in [-0.2, -0.15) is 13.2 Å². The van der Waals surface area contributed by atoms with Gasteiger partial charge in [-0.25, -0.2) is 36.4 Å². The summed E-state index contributed by atoms with van der Waals surface area (Å²) in [4.78, 5) is 31.9. The molecule has 2 aromatic carbocycles. The predicted molar refractivity (Wildman–Crippen MR) is 161 cm³/mol. The highest BCUT2D eigenvalue weighted by molar-refractivity contribution is 6.00. The molecular formula is C31H28F8N8O4. The molecule has 2 aliphatic rings. The van der Waals surface area contributed by atoms with E-state index in [4.69, 9.17) is 9.15 Å². The van der Waals surface area contributed by atoms with Gasteiger partial charge < -0.3 is 24.3 Å². The first-order chi connectivity index (χ1) is 23.7. The quantitative estimate of drug-likeness (QED) is 0.229. The number of carbonyl (C=O) groups excluding carboxylic acids is 2. The molecule has 0 aliphatic carbocycles. The minimum atomic E-state index is -4.79. The first kappa shape index (κ1) is 35.5. The van der Waals surface area contributed by atoms with Crippen molar-refractivity contribution in [2.75, 3.05) is 22.9 Å². The van der Waals surface area contributed by atoms with Crippen molar-refractivity contribution < 1.29 is 53.9 Å². The summed E-state index contributed by atoms with van der Waals surface area (Å²) >= 11 is 0. The van der Waals surface area contributed by atoms with Crippen LogP contribution in [0.4, 0.5) is 51.6 Å². The van der Waals surface area contributed by atoms with Crippen molar-refractivity contribution in [3.8, 4) is 17.1 Å². The number of anilines is 2. The van der Waals surface area contributed by atoms with Gasteiger partial charge in [0.1, 0.15) is 23.8 Å². The fraction of sp³-hybridized carbons (Fsp3) is 0.419. The Morgan fingerprint density at radius 1 is 1.08 bits per heavy atom. The molecule has 4 aromatic rings. The Balaban J connectivity index is 1.38. The number of nitrogens with zero attached hydrogens (tertiary/aromatic N) is 7. The van der Waals surface area contributed by atoms with Crippen LogP contribution in [0, 0.1) is 5.82 Å². The molecule has 0 bridgehead atoms. The molecule has 6 rings (SSSR count). The zero-order valence-electron chi connectivity index (χ0n) is 26.9. The molecule has 0 spiro atoms. The number of alkyl carbamates (subject to hydrolysis) is 1. The number of rotatable bonds is 6. The second-order valence-electron chi connectivity index (χ2n) is 13.0. The smallest absolute Gasteiger partial charge is 0.444 e. The lowest BCUT2D eigenvalue weighted by Gasteiger charge is -2.27. The van der Waals surface area contributed by atoms with Crippen LogP contribution in [0.25, 0.3) is 17.1 Å². The van der Waals surface area contributed by atoms with E-state index in [2.05, 4.69) is 25.6 Å². The fourth-order valence-electron chi connectivity index (χ4n) is 5.53. The summed E-state index contributed by atoms with van der Waals surface area (Å²) < 4.78 is 126. The highest BCUT2D eigenvalue weighted by Gasteiger charge is 2.47. The summed E-state index contributed by atoms with van der Waals surface area (Å²) in [7, 11) is 0. The van der Waals surface area contributed by atoms with Crippen molar-refractivity contribution >= 4 is 23.7 Å². The van der Waals surface area contributed by atoms with Crippen molar-refractivity contribution in [2.45, 2.75) is 69.8 Å². The molecule has 4 heterocycles. The number of aromatic nitrogens is 5. The lowest BCUT2D eigenvalue weighted by molar-refractivity contribution is -0.144. The molecule has 0 radical (unpaired) electrons. The highest BCUT2D eigenvalue weighted by Crippen LogP contribution is 2.45. The number of ether oxygens (including phenoxy) is 1. The topological polar surface area (TPSA) is 132 Å². The number of hydrogen-bond acceptors (Lipinski definition) is 9. The SMILES string of the molecule is CC(C)(C)OC(=O)NC1CC(F)(F)c2cc(F)c(-c3nnc(N4CCC(F)(F)C4)o3)cc2N(Cc2ccc(-n3cnc(C(F)(F)F)n3)cc2)C1=O. The Morgan fingerprint density at radius 2 is 1.78 bits per heavy atom. The normalized spacial score (nSPS) is 18.8. The Hall–Kier alpha value is -5.30. The van der Waals surface area contributed by atoms with Gasteiger partial charge in [0.15, 0.2) is 0 Å². The standard InChI is InChI=1S/C31H28F8N8O4/c1-28(2,3)51-27(49)41-21-12-30(35,36)19-11-20(32)18(23-42-43-26(50-23)45-9-8-29(33,34)14-45)10-22(19)46(24(21)48)13-16-4-6-17(7-5-16)47-15-40-25(44-47)31(37,38)39/h4-7,10-11,15,21H,8-9,12-14H2,1-3H3,(H,41,49). The summed E-state index contributed by atoms with van der Waals surface area (Å²) in [6, 6.07) is 4.59. The fourth-order valence-corrected chi connectivity index (χ4v) is 5.53. The molecule has 1 N–H and O–H groups in total. The molecule has 1 fully saturated rings. The maximum Gasteiger partial charge on any atom is 0.453 e. The van der Waals surface area contributed by atoms with Gasteiger partial charge in [0.05, 0.1) is 30.0 Å². The first-order valence-corrected chi connectivity index (χ1v) is 15.3. The maximum absolute atomic E-state index is 15.9. The molecule has 1 saturated heterocycles. The second-order valence-corrected chi connectivity index (χ2v) is 13.0. The van der Waals surface area contributed by atoms with E-state index < -0.39 is 102 Å². The Morgan fingerprint density at radius 3 is 2.39 bits per heavy atom. The maximum atomic E-state index is 15.9. The zero-order valence-corrected chi connectivity index (χ0v) is 26.9. The highest BCUT2D eigenvalue weighted by atomic mass is 19.4. The summed E-state index contributed by atoms with van der Waals surface area (Å²) in [5.74, 6) is -11.2. The number of nitrogens with one attached hydrogen (secondary N) is 1. The molecule has 51 heavy (non-hydrogen) atoms. The Labute approximate surface area is 283 Å². The predicted octanol–water partition coefficient (Wildman–Crippen LogP) is 6.24. The first-order valence-electron chi connectivity index (χ1n) is 15.3. The van der Waals surface area contributed by atoms with Crippen LogP contribution >= 0.6 is 0 Å². The third-order valence-electron chi connectivity index (χ3n) is 7.86. The van der Waals surface area contributed by atoms with E-state index in [1.54, 1.807) is 0 Å². The van der Waals surface area contributed by atoms with Crippen LogP contribution in [-0.2, 0) is 28.2 Å². The summed E-state index contributed by atoms with van der Waals surface area (Å²) in [5, 5.41) is 13.0. The third kappa shape index (κ3) is 7.58. The van der Waals surface area contributed by atoms with Gasteiger partial charge in [-0.15, -0.1) is 10.2 Å². The molecule has 1 unspecified atom stereocenters. The van der Waals surface area contributed by atoms with E-state index in [0.717, 1.165) is 26.9 Å². The molecule has 0 saturated carbocycles. The molecule has 2 aliphatic heterocycles. The lowest BCUT2D eigenvalue weighted by Crippen LogP contribution is -2.49. The number of alkyl halides is 7. The van der Waals surface area contributed by atoms with Crippen molar-refractivity contribution in [3.05, 3.63) is 65.5 Å². The van der Waals surface area contributed by atoms with Gasteiger partial charge in [0.2, 0.25) is 5.91 Å². The van der Waals surface area contributed by atoms with E-state index in [9.17, 15) is 31.5 Å². The summed E-state index contributed by atoms with van der Waals surface area (Å²) in [6.45, 7) is 3.24. The second kappa shape index (κ2) is 12.5. The van der Waals surface area contributed by atoms with Crippen LogP contribution in [0.3, 0.4) is 0 Å². The largest absolute Gasteiger partial charge is 0.453 e. The van der Waals surface area contributed by atoms with Crippen molar-refractivity contribution in [3.63, 3.8) is 0 Å². The van der Waals surface area contributed by atoms with Gasteiger partial charge in [0, 0.05) is 24.9 Å². The van der Waals surface area contributed by atoms with E-state index in [0.29, 0.717) is 6.07 Å². The van der Waals surface area contributed by atoms with Crippen LogP contribution in [0.15, 0.2) is 47.1 Å². The number of hydrogen-bond donors (Lipinski definition) is 1. The number of amides is 2. The third-order valence-corrected chi connectivity index (χ3v) is 7.86. The summed E-state index contributed by atoms with van der Waals surface area (Å²) in [5.41, 5.74) is -2.58. The number of benzene rings is 2. The molecule has 2 amide bonds. The zero-order chi connectivity index (χ0) is 37.1. The van der Waals surface area contributed by atoms with Crippen molar-refractivity contribution in [1.29, 1.82) is 0 Å². The monoisotopic (exact) mass is 728 g/mol. The van der Waals surface area contributed by atoms with Crippen LogP contribution in [0.2, 0.25) is 0 Å². The van der Waals surface area contributed by atoms with Crippen LogP contribution < -0.4 is 15.1 Å².